The van der Waals surface area contributed by atoms with E-state index in [-0.39, 0.29) is 0 Å². The molecule has 0 aliphatic heterocycles. The molecule has 4 heteroatoms. The van der Waals surface area contributed by atoms with E-state index in [4.69, 9.17) is 4.74 Å². The van der Waals surface area contributed by atoms with Gasteiger partial charge in [-0.3, -0.25) is 4.21 Å². The molecule has 0 bridgehead atoms. The molecule has 0 aromatic heterocycles. The maximum absolute atomic E-state index is 12.2. The lowest BCUT2D eigenvalue weighted by atomic mass is 10.2. The molecule has 0 aliphatic carbocycles. The van der Waals surface area contributed by atoms with Crippen LogP contribution >= 0.6 is 11.8 Å². The summed E-state index contributed by atoms with van der Waals surface area (Å²) in [5.74, 6) is 2.36. The van der Waals surface area contributed by atoms with Crippen LogP contribution in [-0.4, -0.2) is 15.7 Å². The average Bonchev–Trinajstić information content (AvgIpc) is 2.60. The number of para-hydroxylation sites is 1. The first-order valence-corrected chi connectivity index (χ1v) is 10.0. The molecule has 2 nitrogen and oxygen atoms in total. The molecule has 2 aromatic rings. The molecule has 122 valence electrons. The lowest BCUT2D eigenvalue weighted by molar-refractivity contribution is 0.305. The lowest BCUT2D eigenvalue weighted by Gasteiger charge is -2.11. The molecule has 0 radical (unpaired) electrons. The summed E-state index contributed by atoms with van der Waals surface area (Å²) < 4.78 is 19.0. The molecule has 0 aliphatic rings. The highest BCUT2D eigenvalue weighted by Gasteiger charge is 2.08. The summed E-state index contributed by atoms with van der Waals surface area (Å²) in [4.78, 5) is 0. The van der Waals surface area contributed by atoms with Crippen molar-refractivity contribution in [2.45, 2.75) is 20.5 Å². The molecule has 0 saturated heterocycles. The lowest BCUT2D eigenvalue weighted by Crippen LogP contribution is -1.98. The molecule has 2 aromatic carbocycles. The molecule has 23 heavy (non-hydrogen) atoms. The number of rotatable bonds is 8. The van der Waals surface area contributed by atoms with Gasteiger partial charge in [-0.25, -0.2) is 0 Å². The topological polar surface area (TPSA) is 26.3 Å². The second kappa shape index (κ2) is 9.58. The van der Waals surface area contributed by atoms with Crippen LogP contribution in [0.2, 0.25) is 0 Å². The largest absolute Gasteiger partial charge is 0.488 e. The molecule has 1 atom stereocenters. The maximum Gasteiger partial charge on any atom is 0.127 e. The Balaban J connectivity index is 2.20. The quantitative estimate of drug-likeness (QED) is 0.666. The predicted molar refractivity (Wildman–Crippen MR) is 102 cm³/mol. The van der Waals surface area contributed by atoms with Gasteiger partial charge in [-0.05, 0) is 23.5 Å². The smallest absolute Gasteiger partial charge is 0.127 e. The van der Waals surface area contributed by atoms with Crippen LogP contribution in [0.15, 0.2) is 58.8 Å². The van der Waals surface area contributed by atoms with Crippen molar-refractivity contribution in [1.29, 1.82) is 0 Å². The van der Waals surface area contributed by atoms with Gasteiger partial charge in [-0.15, -0.1) is 11.8 Å². The second-order valence-corrected chi connectivity index (χ2v) is 8.12. The number of hydrogen-bond donors (Lipinski definition) is 0. The van der Waals surface area contributed by atoms with Gasteiger partial charge in [0.2, 0.25) is 0 Å². The normalized spacial score (nSPS) is 12.9. The second-order valence-electron chi connectivity index (χ2n) is 4.84. The maximum atomic E-state index is 12.2. The molecular weight excluding hydrogens is 324 g/mol. The Bertz CT molecular complexity index is 666. The first-order chi connectivity index (χ1) is 11.2. The number of ether oxygens (including phenoxy) is 1. The predicted octanol–water partition coefficient (Wildman–Crippen LogP) is 5.09. The average molecular weight is 347 g/mol. The van der Waals surface area contributed by atoms with Crippen LogP contribution in [0.1, 0.15) is 25.0 Å². The molecule has 1 unspecified atom stereocenters. The van der Waals surface area contributed by atoms with Crippen LogP contribution in [-0.2, 0) is 17.4 Å². The molecule has 0 saturated carbocycles. The standard InChI is InChI=1S/C19H22O2S2/c1-3-22-19(23(20)4-2)14-17-12-8-9-13-18(17)21-15-16-10-6-5-7-11-16/h5-14H,3-4,15H2,1-2H3/b19-14+. The monoisotopic (exact) mass is 346 g/mol. The first-order valence-electron chi connectivity index (χ1n) is 7.73. The van der Waals surface area contributed by atoms with E-state index in [0.29, 0.717) is 12.4 Å². The third-order valence-corrected chi connectivity index (χ3v) is 5.90. The van der Waals surface area contributed by atoms with Gasteiger partial charge >= 0.3 is 0 Å². The van der Waals surface area contributed by atoms with Crippen molar-refractivity contribution in [3.05, 3.63) is 70.0 Å². The molecule has 2 rings (SSSR count). The highest BCUT2D eigenvalue weighted by atomic mass is 32.2. The number of thioether (sulfide) groups is 1. The molecule has 0 spiro atoms. The third kappa shape index (κ3) is 5.56. The van der Waals surface area contributed by atoms with Gasteiger partial charge in [0, 0.05) is 11.3 Å². The molecular formula is C19H22O2S2. The van der Waals surface area contributed by atoms with E-state index in [1.807, 2.05) is 67.6 Å². The van der Waals surface area contributed by atoms with Crippen molar-refractivity contribution >= 4 is 28.6 Å². The summed E-state index contributed by atoms with van der Waals surface area (Å²) in [7, 11) is -0.945. The minimum absolute atomic E-state index is 0.527. The molecule has 0 N–H and O–H groups in total. The van der Waals surface area contributed by atoms with E-state index >= 15 is 0 Å². The Labute approximate surface area is 145 Å². The van der Waals surface area contributed by atoms with Crippen molar-refractivity contribution in [2.75, 3.05) is 11.5 Å². The van der Waals surface area contributed by atoms with Crippen molar-refractivity contribution in [3.63, 3.8) is 0 Å². The number of benzene rings is 2. The Morgan fingerprint density at radius 3 is 2.48 bits per heavy atom. The van der Waals surface area contributed by atoms with E-state index in [1.165, 1.54) is 0 Å². The first kappa shape index (κ1) is 17.8. The summed E-state index contributed by atoms with van der Waals surface area (Å²) in [6.45, 7) is 4.54. The van der Waals surface area contributed by atoms with Crippen molar-refractivity contribution < 1.29 is 8.95 Å². The van der Waals surface area contributed by atoms with Crippen LogP contribution in [0.5, 0.6) is 5.75 Å². The van der Waals surface area contributed by atoms with E-state index in [9.17, 15) is 4.21 Å². The third-order valence-electron chi connectivity index (χ3n) is 3.20. The van der Waals surface area contributed by atoms with E-state index in [1.54, 1.807) is 11.8 Å². The van der Waals surface area contributed by atoms with Gasteiger partial charge in [0.1, 0.15) is 12.4 Å². The zero-order chi connectivity index (χ0) is 16.5. The van der Waals surface area contributed by atoms with E-state index in [2.05, 4.69) is 6.92 Å². The summed E-state index contributed by atoms with van der Waals surface area (Å²) in [6, 6.07) is 18.0. The zero-order valence-corrected chi connectivity index (χ0v) is 15.2. The summed E-state index contributed by atoms with van der Waals surface area (Å²) in [6.07, 6.45) is 1.99. The molecule has 0 heterocycles. The molecule has 0 fully saturated rings. The van der Waals surface area contributed by atoms with Crippen LogP contribution in [0.4, 0.5) is 0 Å². The van der Waals surface area contributed by atoms with Gasteiger partial charge in [0.15, 0.2) is 0 Å². The Morgan fingerprint density at radius 1 is 1.09 bits per heavy atom. The fourth-order valence-corrected chi connectivity index (χ4v) is 4.32. The minimum Gasteiger partial charge on any atom is -0.488 e. The molecule has 0 amide bonds. The van der Waals surface area contributed by atoms with Gasteiger partial charge in [0.05, 0.1) is 15.0 Å². The van der Waals surface area contributed by atoms with Gasteiger partial charge in [0.25, 0.3) is 0 Å². The fraction of sp³-hybridized carbons (Fsp3) is 0.263. The van der Waals surface area contributed by atoms with Gasteiger partial charge in [-0.1, -0.05) is 62.4 Å². The van der Waals surface area contributed by atoms with E-state index in [0.717, 1.165) is 26.9 Å². The van der Waals surface area contributed by atoms with Crippen LogP contribution in [0.25, 0.3) is 6.08 Å². The van der Waals surface area contributed by atoms with Crippen molar-refractivity contribution in [3.8, 4) is 5.75 Å². The summed E-state index contributed by atoms with van der Waals surface area (Å²) in [5.41, 5.74) is 2.10. The van der Waals surface area contributed by atoms with Gasteiger partial charge in [-0.2, -0.15) is 0 Å². The van der Waals surface area contributed by atoms with Crippen LogP contribution in [0, 0.1) is 0 Å². The number of hydrogen-bond acceptors (Lipinski definition) is 3. The zero-order valence-electron chi connectivity index (χ0n) is 13.5. The minimum atomic E-state index is -0.945. The SMILES string of the molecule is CCS/C(=C\c1ccccc1OCc1ccccc1)S(=O)CC. The Morgan fingerprint density at radius 2 is 1.78 bits per heavy atom. The van der Waals surface area contributed by atoms with Crippen molar-refractivity contribution in [2.24, 2.45) is 0 Å². The highest BCUT2D eigenvalue weighted by Crippen LogP contribution is 2.28. The van der Waals surface area contributed by atoms with E-state index < -0.39 is 10.8 Å². The Kier molecular flexibility index (Phi) is 7.43. The van der Waals surface area contributed by atoms with Crippen LogP contribution in [0.3, 0.4) is 0 Å². The summed E-state index contributed by atoms with van der Waals surface area (Å²) >= 11 is 1.63. The van der Waals surface area contributed by atoms with Crippen molar-refractivity contribution in [1.82, 2.24) is 0 Å². The Hall–Kier alpha value is -1.52. The van der Waals surface area contributed by atoms with Gasteiger partial charge < -0.3 is 4.74 Å². The summed E-state index contributed by atoms with van der Waals surface area (Å²) in [5, 5.41) is 0. The van der Waals surface area contributed by atoms with Crippen LogP contribution < -0.4 is 4.74 Å². The highest BCUT2D eigenvalue weighted by molar-refractivity contribution is 8.16. The fourth-order valence-electron chi connectivity index (χ4n) is 2.05.